The number of nitrogens with zero attached hydrogens (tertiary/aromatic N) is 1. The fraction of sp³-hybridized carbons (Fsp3) is 0.333. The average molecular weight is 499 g/mol. The minimum atomic E-state index is -4.83. The van der Waals surface area contributed by atoms with Gasteiger partial charge in [0, 0.05) is 24.6 Å². The Morgan fingerprint density at radius 1 is 1.17 bits per heavy atom. The van der Waals surface area contributed by atoms with Crippen molar-refractivity contribution in [2.24, 2.45) is 0 Å². The Morgan fingerprint density at radius 2 is 1.89 bits per heavy atom. The molecule has 11 heteroatoms. The van der Waals surface area contributed by atoms with Crippen LogP contribution in [0, 0.1) is 11.6 Å². The molecule has 3 rings (SSSR count). The van der Waals surface area contributed by atoms with E-state index in [1.165, 1.54) is 29.2 Å². The Labute approximate surface area is 197 Å². The molecule has 0 bridgehead atoms. The molecule has 0 spiro atoms. The SMILES string of the molecule is CCC(=O)c1cc(F)c(OCC2CN(C(=O)C=Cc3cccc(OC(F)(F)F)c3)CCO2)c(F)c1. The van der Waals surface area contributed by atoms with Gasteiger partial charge in [-0.1, -0.05) is 19.1 Å². The van der Waals surface area contributed by atoms with E-state index < -0.39 is 47.3 Å². The molecule has 188 valence electrons. The highest BCUT2D eigenvalue weighted by atomic mass is 19.4. The van der Waals surface area contributed by atoms with Gasteiger partial charge in [0.1, 0.15) is 18.5 Å². The fourth-order valence-corrected chi connectivity index (χ4v) is 3.35. The van der Waals surface area contributed by atoms with E-state index in [4.69, 9.17) is 9.47 Å². The standard InChI is InChI=1S/C24H22F5NO5/c1-2-21(31)16-11-19(25)23(20(26)12-16)34-14-18-13-30(8-9-33-18)22(32)7-6-15-4-3-5-17(10-15)35-24(27,28)29/h3-7,10-12,18H,2,8-9,13-14H2,1H3. The van der Waals surface area contributed by atoms with Gasteiger partial charge in [-0.2, -0.15) is 0 Å². The van der Waals surface area contributed by atoms with Crippen LogP contribution in [0.15, 0.2) is 42.5 Å². The number of ether oxygens (including phenoxy) is 3. The molecule has 35 heavy (non-hydrogen) atoms. The molecular formula is C24H22F5NO5. The smallest absolute Gasteiger partial charge is 0.485 e. The van der Waals surface area contributed by atoms with Gasteiger partial charge in [0.05, 0.1) is 13.2 Å². The van der Waals surface area contributed by atoms with Crippen LogP contribution >= 0.6 is 0 Å². The highest BCUT2D eigenvalue weighted by Gasteiger charge is 2.31. The molecule has 1 amide bonds. The summed E-state index contributed by atoms with van der Waals surface area (Å²) >= 11 is 0. The number of amides is 1. The zero-order chi connectivity index (χ0) is 25.6. The van der Waals surface area contributed by atoms with Crippen molar-refractivity contribution in [3.8, 4) is 11.5 Å². The largest absolute Gasteiger partial charge is 0.573 e. The number of halogens is 5. The third-order valence-corrected chi connectivity index (χ3v) is 5.02. The monoisotopic (exact) mass is 499 g/mol. The molecule has 1 atom stereocenters. The van der Waals surface area contributed by atoms with Crippen LogP contribution in [0.3, 0.4) is 0 Å². The second kappa shape index (κ2) is 11.3. The fourth-order valence-electron chi connectivity index (χ4n) is 3.35. The number of alkyl halides is 3. The highest BCUT2D eigenvalue weighted by molar-refractivity contribution is 5.96. The second-order valence-electron chi connectivity index (χ2n) is 7.59. The van der Waals surface area contributed by atoms with E-state index in [9.17, 15) is 31.5 Å². The number of ketones is 1. The molecule has 1 unspecified atom stereocenters. The Hall–Kier alpha value is -3.47. The van der Waals surface area contributed by atoms with Gasteiger partial charge in [-0.25, -0.2) is 8.78 Å². The molecule has 1 aliphatic rings. The van der Waals surface area contributed by atoms with Crippen molar-refractivity contribution < 1.29 is 45.8 Å². The van der Waals surface area contributed by atoms with Crippen LogP contribution in [0.4, 0.5) is 22.0 Å². The molecule has 0 aromatic heterocycles. The molecule has 6 nitrogen and oxygen atoms in total. The highest BCUT2D eigenvalue weighted by Crippen LogP contribution is 2.25. The summed E-state index contributed by atoms with van der Waals surface area (Å²) in [4.78, 5) is 25.6. The summed E-state index contributed by atoms with van der Waals surface area (Å²) in [6, 6.07) is 6.94. The van der Waals surface area contributed by atoms with Crippen molar-refractivity contribution in [1.29, 1.82) is 0 Å². The van der Waals surface area contributed by atoms with E-state index in [2.05, 4.69) is 4.74 Å². The van der Waals surface area contributed by atoms with E-state index in [1.807, 2.05) is 0 Å². The normalized spacial score (nSPS) is 16.4. The number of carbonyl (C=O) groups is 2. The zero-order valence-electron chi connectivity index (χ0n) is 18.6. The lowest BCUT2D eigenvalue weighted by molar-refractivity contribution is -0.274. The number of morpholine rings is 1. The number of hydrogen-bond acceptors (Lipinski definition) is 5. The Balaban J connectivity index is 1.58. The van der Waals surface area contributed by atoms with Crippen molar-refractivity contribution in [3.05, 3.63) is 65.2 Å². The summed E-state index contributed by atoms with van der Waals surface area (Å²) in [7, 11) is 0. The van der Waals surface area contributed by atoms with Crippen LogP contribution < -0.4 is 9.47 Å². The van der Waals surface area contributed by atoms with Gasteiger partial charge in [0.15, 0.2) is 23.2 Å². The quantitative estimate of drug-likeness (QED) is 0.297. The molecule has 0 N–H and O–H groups in total. The Kier molecular flexibility index (Phi) is 8.44. The van der Waals surface area contributed by atoms with E-state index in [0.29, 0.717) is 5.56 Å². The van der Waals surface area contributed by atoms with Crippen molar-refractivity contribution in [1.82, 2.24) is 4.90 Å². The maximum absolute atomic E-state index is 14.2. The predicted octanol–water partition coefficient (Wildman–Crippen LogP) is 4.78. The van der Waals surface area contributed by atoms with Crippen molar-refractivity contribution >= 4 is 17.8 Å². The van der Waals surface area contributed by atoms with E-state index in [0.717, 1.165) is 24.3 Å². The van der Waals surface area contributed by atoms with Crippen molar-refractivity contribution in [3.63, 3.8) is 0 Å². The van der Waals surface area contributed by atoms with Crippen LogP contribution in [0.1, 0.15) is 29.3 Å². The second-order valence-corrected chi connectivity index (χ2v) is 7.59. The van der Waals surface area contributed by atoms with Gasteiger partial charge in [-0.15, -0.1) is 13.2 Å². The Morgan fingerprint density at radius 3 is 2.54 bits per heavy atom. The maximum Gasteiger partial charge on any atom is 0.573 e. The van der Waals surface area contributed by atoms with Gasteiger partial charge in [-0.3, -0.25) is 9.59 Å². The average Bonchev–Trinajstić information content (AvgIpc) is 2.80. The first kappa shape index (κ1) is 26.1. The lowest BCUT2D eigenvalue weighted by Crippen LogP contribution is -2.47. The summed E-state index contributed by atoms with van der Waals surface area (Å²) in [6.45, 7) is 1.78. The summed E-state index contributed by atoms with van der Waals surface area (Å²) in [5.41, 5.74) is 0.229. The van der Waals surface area contributed by atoms with E-state index in [-0.39, 0.29) is 38.3 Å². The summed E-state index contributed by atoms with van der Waals surface area (Å²) < 4.78 is 80.2. The van der Waals surface area contributed by atoms with Gasteiger partial charge in [-0.05, 0) is 35.9 Å². The first-order valence-corrected chi connectivity index (χ1v) is 10.6. The molecule has 1 saturated heterocycles. The number of Topliss-reactive ketones (excluding diaryl/α,β-unsaturated/α-hetero) is 1. The lowest BCUT2D eigenvalue weighted by atomic mass is 10.1. The van der Waals surface area contributed by atoms with Crippen LogP contribution in [0.2, 0.25) is 0 Å². The van der Waals surface area contributed by atoms with E-state index >= 15 is 0 Å². The van der Waals surface area contributed by atoms with Crippen LogP contribution in [0.5, 0.6) is 11.5 Å². The Bertz CT molecular complexity index is 1080. The molecule has 0 aliphatic carbocycles. The first-order chi connectivity index (χ1) is 16.6. The predicted molar refractivity (Wildman–Crippen MR) is 115 cm³/mol. The molecule has 0 saturated carbocycles. The third kappa shape index (κ3) is 7.51. The van der Waals surface area contributed by atoms with E-state index in [1.54, 1.807) is 6.92 Å². The lowest BCUT2D eigenvalue weighted by Gasteiger charge is -2.32. The number of benzene rings is 2. The van der Waals surface area contributed by atoms with Crippen molar-refractivity contribution in [2.45, 2.75) is 25.8 Å². The van der Waals surface area contributed by atoms with Crippen LogP contribution in [0.25, 0.3) is 6.08 Å². The van der Waals surface area contributed by atoms with Gasteiger partial charge in [0.2, 0.25) is 5.91 Å². The number of carbonyl (C=O) groups excluding carboxylic acids is 2. The van der Waals surface area contributed by atoms with Gasteiger partial charge in [0.25, 0.3) is 0 Å². The summed E-state index contributed by atoms with van der Waals surface area (Å²) in [5.74, 6) is -3.95. The molecule has 0 radical (unpaired) electrons. The molecular weight excluding hydrogens is 477 g/mol. The molecule has 1 aliphatic heterocycles. The van der Waals surface area contributed by atoms with Crippen molar-refractivity contribution in [2.75, 3.05) is 26.3 Å². The van der Waals surface area contributed by atoms with Gasteiger partial charge >= 0.3 is 6.36 Å². The minimum Gasteiger partial charge on any atom is -0.485 e. The zero-order valence-corrected chi connectivity index (χ0v) is 18.6. The third-order valence-electron chi connectivity index (χ3n) is 5.02. The molecule has 1 fully saturated rings. The maximum atomic E-state index is 14.2. The van der Waals surface area contributed by atoms with Crippen LogP contribution in [-0.4, -0.2) is 55.4 Å². The number of rotatable bonds is 8. The molecule has 2 aromatic carbocycles. The molecule has 1 heterocycles. The molecule has 2 aromatic rings. The van der Waals surface area contributed by atoms with Gasteiger partial charge < -0.3 is 19.1 Å². The van der Waals surface area contributed by atoms with Crippen LogP contribution in [-0.2, 0) is 9.53 Å². The first-order valence-electron chi connectivity index (χ1n) is 10.6. The minimum absolute atomic E-state index is 0.0655. The summed E-state index contributed by atoms with van der Waals surface area (Å²) in [5, 5.41) is 0. The summed E-state index contributed by atoms with van der Waals surface area (Å²) in [6.07, 6.45) is -2.88. The topological polar surface area (TPSA) is 65.1 Å². The number of hydrogen-bond donors (Lipinski definition) is 0.